The summed E-state index contributed by atoms with van der Waals surface area (Å²) in [6.45, 7) is 3.47. The van der Waals surface area contributed by atoms with Crippen LogP contribution in [-0.4, -0.2) is 27.2 Å². The van der Waals surface area contributed by atoms with Gasteiger partial charge in [-0.1, -0.05) is 6.07 Å². The lowest BCUT2D eigenvalue weighted by molar-refractivity contribution is 0.302. The van der Waals surface area contributed by atoms with Crippen molar-refractivity contribution in [2.45, 2.75) is 13.0 Å². The van der Waals surface area contributed by atoms with Crippen molar-refractivity contribution in [1.29, 1.82) is 0 Å². The van der Waals surface area contributed by atoms with Crippen LogP contribution in [0.2, 0.25) is 0 Å². The van der Waals surface area contributed by atoms with E-state index in [2.05, 4.69) is 23.2 Å². The Bertz CT molecular complexity index is 509. The Morgan fingerprint density at radius 1 is 1.25 bits per heavy atom. The lowest BCUT2D eigenvalue weighted by atomic mass is 10.2. The molecule has 0 aliphatic carbocycles. The van der Waals surface area contributed by atoms with Crippen LogP contribution in [0.1, 0.15) is 18.7 Å². The van der Waals surface area contributed by atoms with E-state index >= 15 is 0 Å². The quantitative estimate of drug-likeness (QED) is 0.787. The summed E-state index contributed by atoms with van der Waals surface area (Å²) in [5.74, 6) is 1.84. The maximum absolute atomic E-state index is 5.74. The van der Waals surface area contributed by atoms with Crippen molar-refractivity contribution < 1.29 is 9.15 Å². The highest BCUT2D eigenvalue weighted by molar-refractivity contribution is 5.49. The van der Waals surface area contributed by atoms with Gasteiger partial charge in [-0.2, -0.15) is 0 Å². The molecule has 0 bridgehead atoms. The van der Waals surface area contributed by atoms with Crippen LogP contribution in [0.15, 0.2) is 47.1 Å². The highest BCUT2D eigenvalue weighted by Gasteiger charge is 2.06. The average molecular weight is 274 g/mol. The average Bonchev–Trinajstić information content (AvgIpc) is 2.98. The van der Waals surface area contributed by atoms with Gasteiger partial charge in [-0.25, -0.2) is 0 Å². The predicted molar refractivity (Wildman–Crippen MR) is 81.4 cm³/mol. The van der Waals surface area contributed by atoms with Gasteiger partial charge in [0.1, 0.15) is 18.1 Å². The van der Waals surface area contributed by atoms with Crippen LogP contribution < -0.4 is 15.0 Å². The van der Waals surface area contributed by atoms with Crippen LogP contribution in [-0.2, 0) is 0 Å². The number of anilines is 1. The molecule has 0 amide bonds. The van der Waals surface area contributed by atoms with E-state index in [0.717, 1.165) is 23.7 Å². The second-order valence-electron chi connectivity index (χ2n) is 4.93. The Morgan fingerprint density at radius 3 is 2.80 bits per heavy atom. The third kappa shape index (κ3) is 4.03. The van der Waals surface area contributed by atoms with E-state index in [1.807, 2.05) is 44.4 Å². The standard InChI is InChI=1S/C16H22N2O2/c1-13(16-8-5-10-20-16)17-9-11-19-15-7-4-6-14(12-15)18(2)3/h4-8,10,12-13,17H,9,11H2,1-3H3. The molecule has 1 atom stereocenters. The first-order chi connectivity index (χ1) is 9.66. The van der Waals surface area contributed by atoms with E-state index in [1.54, 1.807) is 6.26 Å². The predicted octanol–water partition coefficient (Wildman–Crippen LogP) is 3.08. The lowest BCUT2D eigenvalue weighted by Gasteiger charge is -2.15. The molecule has 108 valence electrons. The summed E-state index contributed by atoms with van der Waals surface area (Å²) in [7, 11) is 4.04. The van der Waals surface area contributed by atoms with E-state index in [9.17, 15) is 0 Å². The minimum atomic E-state index is 0.196. The lowest BCUT2D eigenvalue weighted by Crippen LogP contribution is -2.24. The van der Waals surface area contributed by atoms with Gasteiger partial charge in [-0.05, 0) is 31.2 Å². The Labute approximate surface area is 120 Å². The summed E-state index contributed by atoms with van der Waals surface area (Å²) < 4.78 is 11.1. The molecule has 1 aromatic heterocycles. The van der Waals surface area contributed by atoms with Crippen molar-refractivity contribution in [3.8, 4) is 5.75 Å². The van der Waals surface area contributed by atoms with Crippen molar-refractivity contribution in [1.82, 2.24) is 5.32 Å². The van der Waals surface area contributed by atoms with Gasteiger partial charge < -0.3 is 19.4 Å². The molecule has 2 aromatic rings. The molecular formula is C16H22N2O2. The minimum Gasteiger partial charge on any atom is -0.492 e. The van der Waals surface area contributed by atoms with Gasteiger partial charge in [0.15, 0.2) is 0 Å². The molecule has 0 fully saturated rings. The zero-order valence-electron chi connectivity index (χ0n) is 12.3. The fraction of sp³-hybridized carbons (Fsp3) is 0.375. The van der Waals surface area contributed by atoms with Crippen LogP contribution in [0.4, 0.5) is 5.69 Å². The van der Waals surface area contributed by atoms with Crippen LogP contribution in [0.3, 0.4) is 0 Å². The number of ether oxygens (including phenoxy) is 1. The first-order valence-corrected chi connectivity index (χ1v) is 6.84. The molecule has 0 radical (unpaired) electrons. The molecule has 0 saturated heterocycles. The normalized spacial score (nSPS) is 12.2. The molecule has 0 saturated carbocycles. The van der Waals surface area contributed by atoms with Crippen LogP contribution >= 0.6 is 0 Å². The third-order valence-electron chi connectivity index (χ3n) is 3.13. The topological polar surface area (TPSA) is 37.6 Å². The Morgan fingerprint density at radius 2 is 2.10 bits per heavy atom. The summed E-state index contributed by atoms with van der Waals surface area (Å²) in [6, 6.07) is 12.1. The molecule has 0 aliphatic rings. The van der Waals surface area contributed by atoms with Gasteiger partial charge in [0, 0.05) is 32.4 Å². The smallest absolute Gasteiger partial charge is 0.121 e. The van der Waals surface area contributed by atoms with Crippen LogP contribution in [0.5, 0.6) is 5.75 Å². The monoisotopic (exact) mass is 274 g/mol. The van der Waals surface area contributed by atoms with Crippen molar-refractivity contribution in [2.75, 3.05) is 32.1 Å². The molecule has 0 aliphatic heterocycles. The van der Waals surface area contributed by atoms with Crippen molar-refractivity contribution in [2.24, 2.45) is 0 Å². The molecular weight excluding hydrogens is 252 g/mol. The largest absolute Gasteiger partial charge is 0.492 e. The van der Waals surface area contributed by atoms with Crippen LogP contribution in [0.25, 0.3) is 0 Å². The number of rotatable bonds is 7. The summed E-state index contributed by atoms with van der Waals surface area (Å²) in [5.41, 5.74) is 1.14. The van der Waals surface area contributed by atoms with Gasteiger partial charge >= 0.3 is 0 Å². The number of hydrogen-bond donors (Lipinski definition) is 1. The number of benzene rings is 1. The van der Waals surface area contributed by atoms with E-state index in [1.165, 1.54) is 0 Å². The van der Waals surface area contributed by atoms with E-state index in [0.29, 0.717) is 6.61 Å². The molecule has 4 nitrogen and oxygen atoms in total. The Kier molecular flexibility index (Phi) is 5.07. The van der Waals surface area contributed by atoms with E-state index in [-0.39, 0.29) is 6.04 Å². The van der Waals surface area contributed by atoms with Crippen LogP contribution in [0, 0.1) is 0 Å². The van der Waals surface area contributed by atoms with Crippen molar-refractivity contribution >= 4 is 5.69 Å². The molecule has 4 heteroatoms. The number of nitrogens with zero attached hydrogens (tertiary/aromatic N) is 1. The number of hydrogen-bond acceptors (Lipinski definition) is 4. The first kappa shape index (κ1) is 14.5. The fourth-order valence-corrected chi connectivity index (χ4v) is 1.93. The first-order valence-electron chi connectivity index (χ1n) is 6.84. The molecule has 1 heterocycles. The summed E-state index contributed by atoms with van der Waals surface area (Å²) in [6.07, 6.45) is 1.69. The van der Waals surface area contributed by atoms with E-state index < -0.39 is 0 Å². The molecule has 0 spiro atoms. The van der Waals surface area contributed by atoms with E-state index in [4.69, 9.17) is 9.15 Å². The second kappa shape index (κ2) is 7.01. The van der Waals surface area contributed by atoms with Gasteiger partial charge in [0.25, 0.3) is 0 Å². The third-order valence-corrected chi connectivity index (χ3v) is 3.13. The Balaban J connectivity index is 1.74. The maximum Gasteiger partial charge on any atom is 0.121 e. The summed E-state index contributed by atoms with van der Waals surface area (Å²) in [4.78, 5) is 2.06. The molecule has 1 unspecified atom stereocenters. The number of nitrogens with one attached hydrogen (secondary N) is 1. The van der Waals surface area contributed by atoms with Crippen molar-refractivity contribution in [3.05, 3.63) is 48.4 Å². The molecule has 20 heavy (non-hydrogen) atoms. The highest BCUT2D eigenvalue weighted by Crippen LogP contribution is 2.19. The van der Waals surface area contributed by atoms with Gasteiger partial charge in [0.2, 0.25) is 0 Å². The second-order valence-corrected chi connectivity index (χ2v) is 4.93. The minimum absolute atomic E-state index is 0.196. The van der Waals surface area contributed by atoms with Gasteiger partial charge in [0.05, 0.1) is 12.3 Å². The zero-order valence-corrected chi connectivity index (χ0v) is 12.3. The summed E-state index contributed by atoms with van der Waals surface area (Å²) >= 11 is 0. The molecule has 1 N–H and O–H groups in total. The Hall–Kier alpha value is -1.94. The highest BCUT2D eigenvalue weighted by atomic mass is 16.5. The molecule has 1 aromatic carbocycles. The van der Waals surface area contributed by atoms with Gasteiger partial charge in [-0.3, -0.25) is 0 Å². The summed E-state index contributed by atoms with van der Waals surface area (Å²) in [5, 5.41) is 3.36. The SMILES string of the molecule is CC(NCCOc1cccc(N(C)C)c1)c1ccco1. The van der Waals surface area contributed by atoms with Crippen molar-refractivity contribution in [3.63, 3.8) is 0 Å². The molecule has 2 rings (SSSR count). The fourth-order valence-electron chi connectivity index (χ4n) is 1.93. The maximum atomic E-state index is 5.74. The zero-order chi connectivity index (χ0) is 14.4. The number of furan rings is 1. The van der Waals surface area contributed by atoms with Gasteiger partial charge in [-0.15, -0.1) is 0 Å².